The van der Waals surface area contributed by atoms with Crippen molar-refractivity contribution in [2.45, 2.75) is 45.4 Å². The highest BCUT2D eigenvalue weighted by molar-refractivity contribution is 5.25. The van der Waals surface area contributed by atoms with Crippen LogP contribution in [-0.2, 0) is 0 Å². The average molecular weight is 223 g/mol. The molecule has 0 aliphatic heterocycles. The van der Waals surface area contributed by atoms with Gasteiger partial charge in [0.15, 0.2) is 0 Å². The summed E-state index contributed by atoms with van der Waals surface area (Å²) >= 11 is 0. The molecule has 0 aromatic carbocycles. The number of aromatic nitrogens is 2. The maximum atomic E-state index is 5.49. The Balaban J connectivity index is 2.03. The van der Waals surface area contributed by atoms with Gasteiger partial charge in [0.2, 0.25) is 5.88 Å². The molecule has 0 atom stereocenters. The molecule has 0 aliphatic rings. The van der Waals surface area contributed by atoms with Crippen molar-refractivity contribution in [3.63, 3.8) is 0 Å². The van der Waals surface area contributed by atoms with Gasteiger partial charge in [-0.25, -0.2) is 0 Å². The molecule has 0 unspecified atom stereocenters. The second-order valence-electron chi connectivity index (χ2n) is 3.90. The topological polar surface area (TPSA) is 61.0 Å². The van der Waals surface area contributed by atoms with Crippen molar-refractivity contribution in [2.24, 2.45) is 0 Å². The van der Waals surface area contributed by atoms with Gasteiger partial charge in [-0.05, 0) is 6.42 Å². The first kappa shape index (κ1) is 12.7. The molecule has 1 aromatic heterocycles. The largest absolute Gasteiger partial charge is 0.477 e. The number of nitrogens with zero attached hydrogens (tertiary/aromatic N) is 2. The zero-order valence-corrected chi connectivity index (χ0v) is 9.98. The molecule has 0 spiro atoms. The standard InChI is InChI=1S/C12H21N3O/c1-2-3-4-5-6-7-8-16-12-10-14-9-11(13)15-12/h9-10H,2-8H2,1H3,(H2,13,15). The quantitative estimate of drug-likeness (QED) is 0.688. The molecule has 1 heterocycles. The Morgan fingerprint density at radius 3 is 2.62 bits per heavy atom. The molecular weight excluding hydrogens is 202 g/mol. The predicted molar refractivity (Wildman–Crippen MR) is 65.3 cm³/mol. The molecule has 1 rings (SSSR count). The van der Waals surface area contributed by atoms with Gasteiger partial charge < -0.3 is 10.5 Å². The number of nitrogens with two attached hydrogens (primary N) is 1. The van der Waals surface area contributed by atoms with E-state index in [1.54, 1.807) is 6.20 Å². The minimum Gasteiger partial charge on any atom is -0.477 e. The van der Waals surface area contributed by atoms with Crippen LogP contribution >= 0.6 is 0 Å². The molecule has 2 N–H and O–H groups in total. The van der Waals surface area contributed by atoms with Gasteiger partial charge >= 0.3 is 0 Å². The van der Waals surface area contributed by atoms with Crippen LogP contribution in [-0.4, -0.2) is 16.6 Å². The van der Waals surface area contributed by atoms with Crippen molar-refractivity contribution in [1.29, 1.82) is 0 Å². The average Bonchev–Trinajstić information content (AvgIpc) is 2.28. The Kier molecular flexibility index (Phi) is 6.30. The van der Waals surface area contributed by atoms with Crippen molar-refractivity contribution in [2.75, 3.05) is 12.3 Å². The van der Waals surface area contributed by atoms with Crippen LogP contribution in [0.5, 0.6) is 5.88 Å². The highest BCUT2D eigenvalue weighted by Crippen LogP contribution is 2.08. The second kappa shape index (κ2) is 7.91. The van der Waals surface area contributed by atoms with Crippen LogP contribution < -0.4 is 10.5 Å². The lowest BCUT2D eigenvalue weighted by atomic mass is 10.1. The minimum absolute atomic E-state index is 0.403. The van der Waals surface area contributed by atoms with E-state index in [0.29, 0.717) is 18.3 Å². The number of nitrogen functional groups attached to an aromatic ring is 1. The van der Waals surface area contributed by atoms with Crippen LogP contribution in [0.3, 0.4) is 0 Å². The van der Waals surface area contributed by atoms with Gasteiger partial charge in [0, 0.05) is 0 Å². The van der Waals surface area contributed by atoms with Gasteiger partial charge in [-0.3, -0.25) is 4.98 Å². The Labute approximate surface area is 97.2 Å². The van der Waals surface area contributed by atoms with Crippen LogP contribution in [0.25, 0.3) is 0 Å². The lowest BCUT2D eigenvalue weighted by Crippen LogP contribution is -2.01. The molecule has 0 fully saturated rings. The third-order valence-electron chi connectivity index (χ3n) is 2.38. The van der Waals surface area contributed by atoms with Gasteiger partial charge in [0.05, 0.1) is 19.0 Å². The molecule has 4 nitrogen and oxygen atoms in total. The molecule has 90 valence electrons. The van der Waals surface area contributed by atoms with Crippen LogP contribution in [0, 0.1) is 0 Å². The van der Waals surface area contributed by atoms with Crippen molar-refractivity contribution < 1.29 is 4.74 Å². The van der Waals surface area contributed by atoms with E-state index < -0.39 is 0 Å². The monoisotopic (exact) mass is 223 g/mol. The maximum absolute atomic E-state index is 5.49. The number of hydrogen-bond donors (Lipinski definition) is 1. The van der Waals surface area contributed by atoms with Gasteiger partial charge in [0.1, 0.15) is 5.82 Å². The first-order valence-corrected chi connectivity index (χ1v) is 6.03. The lowest BCUT2D eigenvalue weighted by molar-refractivity contribution is 0.292. The second-order valence-corrected chi connectivity index (χ2v) is 3.90. The van der Waals surface area contributed by atoms with Crippen molar-refractivity contribution >= 4 is 5.82 Å². The minimum atomic E-state index is 0.403. The normalized spacial score (nSPS) is 10.3. The third kappa shape index (κ3) is 5.53. The van der Waals surface area contributed by atoms with Gasteiger partial charge in [0.25, 0.3) is 0 Å². The molecule has 0 amide bonds. The zero-order valence-electron chi connectivity index (χ0n) is 9.98. The van der Waals surface area contributed by atoms with E-state index in [4.69, 9.17) is 10.5 Å². The van der Waals surface area contributed by atoms with Crippen LogP contribution in [0.4, 0.5) is 5.82 Å². The fourth-order valence-electron chi connectivity index (χ4n) is 1.49. The number of anilines is 1. The van der Waals surface area contributed by atoms with E-state index in [9.17, 15) is 0 Å². The van der Waals surface area contributed by atoms with Crippen molar-refractivity contribution in [1.82, 2.24) is 9.97 Å². The van der Waals surface area contributed by atoms with Crippen LogP contribution in [0.1, 0.15) is 45.4 Å². The SMILES string of the molecule is CCCCCCCCOc1cncc(N)n1. The molecule has 1 aromatic rings. The molecule has 4 heteroatoms. The van der Waals surface area contributed by atoms with Gasteiger partial charge in [-0.1, -0.05) is 39.0 Å². The predicted octanol–water partition coefficient (Wildman–Crippen LogP) is 2.80. The molecular formula is C12H21N3O. The number of hydrogen-bond acceptors (Lipinski definition) is 4. The van der Waals surface area contributed by atoms with Gasteiger partial charge in [-0.15, -0.1) is 0 Å². The molecule has 0 aliphatic carbocycles. The Morgan fingerprint density at radius 1 is 1.12 bits per heavy atom. The van der Waals surface area contributed by atoms with E-state index >= 15 is 0 Å². The third-order valence-corrected chi connectivity index (χ3v) is 2.38. The van der Waals surface area contributed by atoms with E-state index in [1.165, 1.54) is 38.3 Å². The summed E-state index contributed by atoms with van der Waals surface area (Å²) in [4.78, 5) is 7.92. The van der Waals surface area contributed by atoms with Crippen LogP contribution in [0.15, 0.2) is 12.4 Å². The smallest absolute Gasteiger partial charge is 0.234 e. The maximum Gasteiger partial charge on any atom is 0.234 e. The fraction of sp³-hybridized carbons (Fsp3) is 0.667. The summed E-state index contributed by atoms with van der Waals surface area (Å²) in [5.41, 5.74) is 5.49. The first-order valence-electron chi connectivity index (χ1n) is 6.03. The summed E-state index contributed by atoms with van der Waals surface area (Å²) in [6, 6.07) is 0. The highest BCUT2D eigenvalue weighted by atomic mass is 16.5. The highest BCUT2D eigenvalue weighted by Gasteiger charge is 1.96. The Hall–Kier alpha value is -1.32. The van der Waals surface area contributed by atoms with Gasteiger partial charge in [-0.2, -0.15) is 4.98 Å². The Bertz CT molecular complexity index is 291. The zero-order chi connectivity index (χ0) is 11.6. The molecule has 16 heavy (non-hydrogen) atoms. The van der Waals surface area contributed by atoms with Crippen LogP contribution in [0.2, 0.25) is 0 Å². The summed E-state index contributed by atoms with van der Waals surface area (Å²) in [6.45, 7) is 2.92. The molecule has 0 saturated carbocycles. The number of ether oxygens (including phenoxy) is 1. The lowest BCUT2D eigenvalue weighted by Gasteiger charge is -2.04. The number of unbranched alkanes of at least 4 members (excludes halogenated alkanes) is 5. The first-order chi connectivity index (χ1) is 7.83. The van der Waals surface area contributed by atoms with E-state index in [1.807, 2.05) is 0 Å². The molecule has 0 radical (unpaired) electrons. The summed E-state index contributed by atoms with van der Waals surface area (Å²) in [5.74, 6) is 0.925. The summed E-state index contributed by atoms with van der Waals surface area (Å²) in [5, 5.41) is 0. The summed E-state index contributed by atoms with van der Waals surface area (Å²) in [7, 11) is 0. The fourth-order valence-corrected chi connectivity index (χ4v) is 1.49. The summed E-state index contributed by atoms with van der Waals surface area (Å²) < 4.78 is 5.44. The number of rotatable bonds is 8. The van der Waals surface area contributed by atoms with E-state index in [2.05, 4.69) is 16.9 Å². The van der Waals surface area contributed by atoms with Crippen molar-refractivity contribution in [3.8, 4) is 5.88 Å². The Morgan fingerprint density at radius 2 is 1.88 bits per heavy atom. The van der Waals surface area contributed by atoms with Crippen molar-refractivity contribution in [3.05, 3.63) is 12.4 Å². The summed E-state index contributed by atoms with van der Waals surface area (Å²) in [6.07, 6.45) is 10.6. The molecule has 0 bridgehead atoms. The van der Waals surface area contributed by atoms with E-state index in [0.717, 1.165) is 6.42 Å². The molecule has 0 saturated heterocycles. The van der Waals surface area contributed by atoms with E-state index in [-0.39, 0.29) is 0 Å².